The van der Waals surface area contributed by atoms with E-state index < -0.39 is 0 Å². The molecule has 0 saturated heterocycles. The van der Waals surface area contributed by atoms with Crippen molar-refractivity contribution in [2.45, 2.75) is 53.0 Å². The van der Waals surface area contributed by atoms with Crippen molar-refractivity contribution >= 4 is 0 Å². The third kappa shape index (κ3) is 6.64. The van der Waals surface area contributed by atoms with Crippen molar-refractivity contribution in [3.8, 4) is 28.4 Å². The second-order valence-corrected chi connectivity index (χ2v) is 7.98. The fourth-order valence-corrected chi connectivity index (χ4v) is 3.62. The topological polar surface area (TPSA) is 49.7 Å². The zero-order valence-corrected chi connectivity index (χ0v) is 20.0. The summed E-state index contributed by atoms with van der Waals surface area (Å²) in [6.45, 7) is 8.40. The van der Waals surface area contributed by atoms with Gasteiger partial charge >= 0.3 is 0 Å². The molecular weight excluding hydrogens is 414 g/mol. The summed E-state index contributed by atoms with van der Waals surface area (Å²) in [5.41, 5.74) is 3.08. The molecule has 0 atom stereocenters. The van der Waals surface area contributed by atoms with Crippen LogP contribution in [-0.2, 0) is 6.54 Å². The van der Waals surface area contributed by atoms with Crippen molar-refractivity contribution in [1.82, 2.24) is 4.57 Å². The first-order valence-corrected chi connectivity index (χ1v) is 12.0. The van der Waals surface area contributed by atoms with E-state index in [1.54, 1.807) is 12.4 Å². The second-order valence-electron chi connectivity index (χ2n) is 7.98. The number of hydrogen-bond acceptors (Lipinski definition) is 4. The molecule has 0 aliphatic carbocycles. The Morgan fingerprint density at radius 2 is 1.27 bits per heavy atom. The monoisotopic (exact) mass is 449 g/mol. The van der Waals surface area contributed by atoms with Crippen LogP contribution >= 0.6 is 0 Å². The molecule has 0 saturated carbocycles. The molecule has 1 heterocycles. The molecule has 0 bridgehead atoms. The highest BCUT2D eigenvalue weighted by molar-refractivity contribution is 5.73. The lowest BCUT2D eigenvalue weighted by molar-refractivity contribution is 0.284. The van der Waals surface area contributed by atoms with Crippen LogP contribution in [0.5, 0.6) is 17.2 Å². The zero-order valence-electron chi connectivity index (χ0n) is 20.0. The molecule has 1 aromatic heterocycles. The van der Waals surface area contributed by atoms with E-state index in [9.17, 15) is 4.79 Å². The van der Waals surface area contributed by atoms with Crippen LogP contribution in [0.2, 0.25) is 0 Å². The summed E-state index contributed by atoms with van der Waals surface area (Å²) in [6.07, 6.45) is 7.39. The van der Waals surface area contributed by atoms with Gasteiger partial charge in [0.05, 0.1) is 32.2 Å². The van der Waals surface area contributed by atoms with E-state index in [4.69, 9.17) is 14.2 Å². The molecule has 0 aliphatic heterocycles. The smallest absolute Gasteiger partial charge is 0.265 e. The average Bonchev–Trinajstić information content (AvgIpc) is 2.83. The predicted molar refractivity (Wildman–Crippen MR) is 134 cm³/mol. The number of ether oxygens (including phenoxy) is 3. The summed E-state index contributed by atoms with van der Waals surface area (Å²) in [6, 6.07) is 16.3. The van der Waals surface area contributed by atoms with E-state index in [0.717, 1.165) is 48.1 Å². The first-order chi connectivity index (χ1) is 16.2. The van der Waals surface area contributed by atoms with Crippen LogP contribution in [0.4, 0.5) is 0 Å². The third-order valence-corrected chi connectivity index (χ3v) is 5.37. The molecule has 3 aromatic rings. The summed E-state index contributed by atoms with van der Waals surface area (Å²) in [4.78, 5) is 12.9. The van der Waals surface area contributed by atoms with E-state index in [-0.39, 0.29) is 5.43 Å². The minimum atomic E-state index is -0.187. The van der Waals surface area contributed by atoms with Crippen LogP contribution in [-0.4, -0.2) is 24.4 Å². The molecule has 3 rings (SSSR count). The van der Waals surface area contributed by atoms with Crippen molar-refractivity contribution in [3.05, 3.63) is 76.7 Å². The van der Waals surface area contributed by atoms with Gasteiger partial charge in [0.2, 0.25) is 0 Å². The third-order valence-electron chi connectivity index (χ3n) is 5.37. The molecule has 0 unspecified atom stereocenters. The fraction of sp³-hybridized carbons (Fsp3) is 0.393. The van der Waals surface area contributed by atoms with E-state index in [1.807, 2.05) is 41.8 Å². The van der Waals surface area contributed by atoms with Gasteiger partial charge in [-0.25, -0.2) is 0 Å². The first kappa shape index (κ1) is 24.4. The number of unbranched alkanes of at least 4 members (excludes halogenated alkanes) is 2. The summed E-state index contributed by atoms with van der Waals surface area (Å²) < 4.78 is 19.5. The Morgan fingerprint density at radius 3 is 1.88 bits per heavy atom. The van der Waals surface area contributed by atoms with Gasteiger partial charge in [-0.1, -0.05) is 69.2 Å². The molecule has 176 valence electrons. The van der Waals surface area contributed by atoms with Gasteiger partial charge in [-0.05, 0) is 37.0 Å². The Morgan fingerprint density at radius 1 is 0.697 bits per heavy atom. The number of benzene rings is 2. The first-order valence-electron chi connectivity index (χ1n) is 12.0. The van der Waals surface area contributed by atoms with Crippen molar-refractivity contribution in [2.75, 3.05) is 19.8 Å². The van der Waals surface area contributed by atoms with Gasteiger partial charge < -0.3 is 18.8 Å². The Balaban J connectivity index is 1.97. The Kier molecular flexibility index (Phi) is 9.43. The SMILES string of the molecule is CCCCOc1cn(Cc2ccccc2-c2ccccc2OCC)cc(OCCCC)c1=O. The minimum Gasteiger partial charge on any atom is -0.493 e. The maximum atomic E-state index is 12.9. The highest BCUT2D eigenvalue weighted by Crippen LogP contribution is 2.33. The highest BCUT2D eigenvalue weighted by atomic mass is 16.5. The number of pyridine rings is 1. The Labute approximate surface area is 196 Å². The van der Waals surface area contributed by atoms with E-state index in [2.05, 4.69) is 32.0 Å². The quantitative estimate of drug-likeness (QED) is 0.287. The average molecular weight is 450 g/mol. The van der Waals surface area contributed by atoms with Crippen LogP contribution in [0.25, 0.3) is 11.1 Å². The molecule has 0 fully saturated rings. The minimum absolute atomic E-state index is 0.187. The lowest BCUT2D eigenvalue weighted by Crippen LogP contribution is -2.17. The normalized spacial score (nSPS) is 10.8. The van der Waals surface area contributed by atoms with Crippen LogP contribution in [0.15, 0.2) is 65.7 Å². The summed E-state index contributed by atoms with van der Waals surface area (Å²) in [7, 11) is 0. The van der Waals surface area contributed by atoms with Crippen LogP contribution in [0, 0.1) is 0 Å². The summed E-state index contributed by atoms with van der Waals surface area (Å²) in [5.74, 6) is 1.54. The zero-order chi connectivity index (χ0) is 23.5. The van der Waals surface area contributed by atoms with E-state index in [0.29, 0.717) is 37.9 Å². The number of aromatic nitrogens is 1. The number of para-hydroxylation sites is 1. The molecular formula is C28H35NO4. The second kappa shape index (κ2) is 12.7. The molecule has 5 nitrogen and oxygen atoms in total. The van der Waals surface area contributed by atoms with Crippen molar-refractivity contribution in [1.29, 1.82) is 0 Å². The van der Waals surface area contributed by atoms with Crippen molar-refractivity contribution in [2.24, 2.45) is 0 Å². The molecule has 0 radical (unpaired) electrons. The van der Waals surface area contributed by atoms with Crippen molar-refractivity contribution in [3.63, 3.8) is 0 Å². The van der Waals surface area contributed by atoms with Crippen LogP contribution in [0.3, 0.4) is 0 Å². The van der Waals surface area contributed by atoms with Gasteiger partial charge in [0.25, 0.3) is 5.43 Å². The highest BCUT2D eigenvalue weighted by Gasteiger charge is 2.14. The van der Waals surface area contributed by atoms with Crippen molar-refractivity contribution < 1.29 is 14.2 Å². The number of hydrogen-bond donors (Lipinski definition) is 0. The lowest BCUT2D eigenvalue weighted by Gasteiger charge is -2.17. The molecule has 0 spiro atoms. The van der Waals surface area contributed by atoms with E-state index >= 15 is 0 Å². The van der Waals surface area contributed by atoms with Crippen LogP contribution in [0.1, 0.15) is 52.0 Å². The standard InChI is InChI=1S/C28H35NO4/c1-4-7-17-32-26-20-29(21-27(28(26)30)33-18-8-5-2)19-22-13-9-10-14-23(22)24-15-11-12-16-25(24)31-6-3/h9-16,20-21H,4-8,17-19H2,1-3H3. The number of rotatable bonds is 13. The molecule has 33 heavy (non-hydrogen) atoms. The van der Waals surface area contributed by atoms with Gasteiger partial charge in [0, 0.05) is 12.1 Å². The summed E-state index contributed by atoms with van der Waals surface area (Å²) in [5, 5.41) is 0. The maximum absolute atomic E-state index is 12.9. The molecule has 2 aromatic carbocycles. The maximum Gasteiger partial charge on any atom is 0.265 e. The van der Waals surface area contributed by atoms with Gasteiger partial charge in [0.15, 0.2) is 11.5 Å². The largest absolute Gasteiger partial charge is 0.493 e. The molecule has 0 aliphatic rings. The lowest BCUT2D eigenvalue weighted by atomic mass is 9.98. The summed E-state index contributed by atoms with van der Waals surface area (Å²) >= 11 is 0. The predicted octanol–water partition coefficient (Wildman–Crippen LogP) is 6.32. The van der Waals surface area contributed by atoms with Gasteiger partial charge in [-0.2, -0.15) is 0 Å². The van der Waals surface area contributed by atoms with Gasteiger partial charge in [-0.15, -0.1) is 0 Å². The van der Waals surface area contributed by atoms with Gasteiger partial charge in [-0.3, -0.25) is 4.79 Å². The molecule has 5 heteroatoms. The van der Waals surface area contributed by atoms with Crippen LogP contribution < -0.4 is 19.6 Å². The van der Waals surface area contributed by atoms with E-state index in [1.165, 1.54) is 0 Å². The fourth-order valence-electron chi connectivity index (χ4n) is 3.62. The Hall–Kier alpha value is -3.21. The molecule has 0 N–H and O–H groups in total. The molecule has 0 amide bonds. The number of nitrogens with zero attached hydrogens (tertiary/aromatic N) is 1. The Bertz CT molecular complexity index is 1040. The van der Waals surface area contributed by atoms with Gasteiger partial charge in [0.1, 0.15) is 5.75 Å².